The van der Waals surface area contributed by atoms with Gasteiger partial charge in [0.2, 0.25) is 15.9 Å². The fourth-order valence-electron chi connectivity index (χ4n) is 3.09. The van der Waals surface area contributed by atoms with Crippen molar-refractivity contribution in [3.05, 3.63) is 59.2 Å². The lowest BCUT2D eigenvalue weighted by molar-refractivity contribution is -0.122. The number of hydrogen-bond donors (Lipinski definition) is 1. The molecule has 0 saturated carbocycles. The van der Waals surface area contributed by atoms with Crippen LogP contribution in [0.15, 0.2) is 42.5 Å². The minimum Gasteiger partial charge on any atom is -0.491 e. The molecule has 2 rings (SSSR count). The summed E-state index contributed by atoms with van der Waals surface area (Å²) < 4.78 is 31.9. The Balaban J connectivity index is 2.10. The Kier molecular flexibility index (Phi) is 7.67. The van der Waals surface area contributed by atoms with Crippen LogP contribution in [-0.2, 0) is 14.8 Å². The van der Waals surface area contributed by atoms with Crippen LogP contribution in [0, 0.1) is 20.8 Å². The van der Waals surface area contributed by atoms with Gasteiger partial charge in [-0.3, -0.25) is 9.10 Å². The predicted molar refractivity (Wildman–Crippen MR) is 117 cm³/mol. The second kappa shape index (κ2) is 9.78. The highest BCUT2D eigenvalue weighted by Crippen LogP contribution is 2.25. The minimum absolute atomic E-state index is 0.286. The third-order valence-electron chi connectivity index (χ3n) is 4.83. The van der Waals surface area contributed by atoms with Crippen LogP contribution >= 0.6 is 0 Å². The van der Waals surface area contributed by atoms with E-state index in [9.17, 15) is 13.2 Å². The number of carbonyl (C=O) groups is 1. The molecule has 2 aromatic carbocycles. The number of ether oxygens (including phenoxy) is 1. The molecule has 1 amide bonds. The molecule has 0 aromatic heterocycles. The molecule has 0 heterocycles. The molecule has 0 aliphatic heterocycles. The van der Waals surface area contributed by atoms with Gasteiger partial charge in [0.15, 0.2) is 0 Å². The van der Waals surface area contributed by atoms with E-state index in [-0.39, 0.29) is 12.5 Å². The molecule has 1 N–H and O–H groups in total. The molecule has 0 radical (unpaired) electrons. The number of anilines is 1. The molecule has 0 bridgehead atoms. The summed E-state index contributed by atoms with van der Waals surface area (Å²) in [4.78, 5) is 12.8. The molecule has 0 aliphatic rings. The van der Waals surface area contributed by atoms with E-state index < -0.39 is 16.1 Å². The summed E-state index contributed by atoms with van der Waals surface area (Å²) in [5, 5.41) is 2.80. The first-order valence-electron chi connectivity index (χ1n) is 9.68. The summed E-state index contributed by atoms with van der Waals surface area (Å²) in [7, 11) is -3.64. The second-order valence-corrected chi connectivity index (χ2v) is 9.02. The number of aryl methyl sites for hydroxylation is 3. The van der Waals surface area contributed by atoms with E-state index >= 15 is 0 Å². The van der Waals surface area contributed by atoms with Gasteiger partial charge in [0, 0.05) is 0 Å². The first-order valence-corrected chi connectivity index (χ1v) is 11.5. The Labute approximate surface area is 173 Å². The van der Waals surface area contributed by atoms with Crippen molar-refractivity contribution in [2.24, 2.45) is 0 Å². The van der Waals surface area contributed by atoms with Crippen molar-refractivity contribution in [1.82, 2.24) is 5.32 Å². The van der Waals surface area contributed by atoms with E-state index in [0.29, 0.717) is 18.7 Å². The highest BCUT2D eigenvalue weighted by atomic mass is 32.2. The monoisotopic (exact) mass is 418 g/mol. The van der Waals surface area contributed by atoms with Crippen molar-refractivity contribution in [3.8, 4) is 5.75 Å². The fraction of sp³-hybridized carbons (Fsp3) is 0.409. The third-order valence-corrected chi connectivity index (χ3v) is 6.01. The molecule has 0 aliphatic carbocycles. The van der Waals surface area contributed by atoms with Crippen LogP contribution in [0.2, 0.25) is 0 Å². The number of rotatable bonds is 9. The maximum Gasteiger partial charge on any atom is 0.244 e. The molecule has 29 heavy (non-hydrogen) atoms. The van der Waals surface area contributed by atoms with Gasteiger partial charge in [-0.25, -0.2) is 8.42 Å². The zero-order valence-electron chi connectivity index (χ0n) is 17.7. The van der Waals surface area contributed by atoms with E-state index in [0.717, 1.165) is 28.7 Å². The largest absolute Gasteiger partial charge is 0.491 e. The zero-order chi connectivity index (χ0) is 21.6. The number of para-hydroxylation sites is 1. The molecular formula is C22H30N2O4S. The quantitative estimate of drug-likeness (QED) is 0.634. The highest BCUT2D eigenvalue weighted by Gasteiger charge is 2.31. The minimum atomic E-state index is -3.64. The lowest BCUT2D eigenvalue weighted by atomic mass is 10.1. The molecule has 6 nitrogen and oxygen atoms in total. The number of amides is 1. The highest BCUT2D eigenvalue weighted by molar-refractivity contribution is 7.92. The van der Waals surface area contributed by atoms with Crippen LogP contribution in [0.3, 0.4) is 0 Å². The van der Waals surface area contributed by atoms with Gasteiger partial charge in [-0.15, -0.1) is 0 Å². The van der Waals surface area contributed by atoms with Crippen molar-refractivity contribution in [1.29, 1.82) is 0 Å². The number of hydrogen-bond acceptors (Lipinski definition) is 4. The molecule has 158 valence electrons. The average Bonchev–Trinajstić information content (AvgIpc) is 2.65. The zero-order valence-corrected chi connectivity index (χ0v) is 18.5. The molecule has 0 saturated heterocycles. The Morgan fingerprint density at radius 1 is 1.07 bits per heavy atom. The number of nitrogens with one attached hydrogen (secondary N) is 1. The molecule has 0 unspecified atom stereocenters. The van der Waals surface area contributed by atoms with Crippen molar-refractivity contribution in [3.63, 3.8) is 0 Å². The van der Waals surface area contributed by atoms with Crippen molar-refractivity contribution in [2.45, 2.75) is 40.2 Å². The summed E-state index contributed by atoms with van der Waals surface area (Å²) in [6.45, 7) is 8.22. The van der Waals surface area contributed by atoms with Gasteiger partial charge in [-0.1, -0.05) is 31.2 Å². The van der Waals surface area contributed by atoms with Gasteiger partial charge in [0.25, 0.3) is 0 Å². The van der Waals surface area contributed by atoms with Crippen molar-refractivity contribution in [2.75, 3.05) is 23.7 Å². The first-order chi connectivity index (χ1) is 13.6. The molecular weight excluding hydrogens is 388 g/mol. The van der Waals surface area contributed by atoms with Gasteiger partial charge < -0.3 is 10.1 Å². The standard InChI is InChI=1S/C22H30N2O4S/c1-6-20(22(25)23-13-14-28-21-10-8-7-9-17(21)3)24(29(5,26)27)19-12-11-16(2)18(4)15-19/h7-12,15,20H,6,13-14H2,1-5H3,(H,23,25)/t20-/m0/s1. The molecule has 2 aromatic rings. The maximum atomic E-state index is 12.8. The van der Waals surface area contributed by atoms with E-state index in [1.807, 2.05) is 51.1 Å². The third kappa shape index (κ3) is 5.97. The molecule has 7 heteroatoms. The van der Waals surface area contributed by atoms with Gasteiger partial charge in [-0.2, -0.15) is 0 Å². The van der Waals surface area contributed by atoms with E-state index in [1.165, 1.54) is 4.31 Å². The van der Waals surface area contributed by atoms with E-state index in [1.54, 1.807) is 19.1 Å². The number of carbonyl (C=O) groups excluding carboxylic acids is 1. The van der Waals surface area contributed by atoms with Crippen LogP contribution in [-0.4, -0.2) is 39.8 Å². The summed E-state index contributed by atoms with van der Waals surface area (Å²) in [6.07, 6.45) is 1.48. The molecule has 0 spiro atoms. The van der Waals surface area contributed by atoms with Crippen LogP contribution in [0.1, 0.15) is 30.0 Å². The first kappa shape index (κ1) is 22.7. The summed E-state index contributed by atoms with van der Waals surface area (Å²) >= 11 is 0. The normalized spacial score (nSPS) is 12.3. The summed E-state index contributed by atoms with van der Waals surface area (Å²) in [5.41, 5.74) is 3.54. The fourth-order valence-corrected chi connectivity index (χ4v) is 4.30. The van der Waals surface area contributed by atoms with Crippen LogP contribution in [0.25, 0.3) is 0 Å². The number of benzene rings is 2. The van der Waals surface area contributed by atoms with Gasteiger partial charge >= 0.3 is 0 Å². The van der Waals surface area contributed by atoms with E-state index in [4.69, 9.17) is 4.74 Å². The Hall–Kier alpha value is -2.54. The Morgan fingerprint density at radius 3 is 2.34 bits per heavy atom. The topological polar surface area (TPSA) is 75.7 Å². The van der Waals surface area contributed by atoms with Crippen molar-refractivity contribution < 1.29 is 17.9 Å². The SMILES string of the molecule is CC[C@@H](C(=O)NCCOc1ccccc1C)N(c1ccc(C)c(C)c1)S(C)(=O)=O. The predicted octanol–water partition coefficient (Wildman–Crippen LogP) is 3.35. The van der Waals surface area contributed by atoms with Crippen LogP contribution < -0.4 is 14.4 Å². The summed E-state index contributed by atoms with van der Waals surface area (Å²) in [5.74, 6) is 0.422. The Morgan fingerprint density at radius 2 is 1.76 bits per heavy atom. The average molecular weight is 419 g/mol. The summed E-state index contributed by atoms with van der Waals surface area (Å²) in [6, 6.07) is 12.2. The Bertz CT molecular complexity index is 957. The lowest BCUT2D eigenvalue weighted by Crippen LogP contribution is -2.50. The molecule has 0 fully saturated rings. The van der Waals surface area contributed by atoms with Gasteiger partial charge in [0.05, 0.1) is 18.5 Å². The number of nitrogens with zero attached hydrogens (tertiary/aromatic N) is 1. The molecule has 1 atom stereocenters. The van der Waals surface area contributed by atoms with Crippen molar-refractivity contribution >= 4 is 21.6 Å². The number of sulfonamides is 1. The van der Waals surface area contributed by atoms with Gasteiger partial charge in [-0.05, 0) is 62.1 Å². The van der Waals surface area contributed by atoms with Crippen LogP contribution in [0.4, 0.5) is 5.69 Å². The van der Waals surface area contributed by atoms with Gasteiger partial charge in [0.1, 0.15) is 18.4 Å². The lowest BCUT2D eigenvalue weighted by Gasteiger charge is -2.30. The maximum absolute atomic E-state index is 12.8. The smallest absolute Gasteiger partial charge is 0.244 e. The van der Waals surface area contributed by atoms with E-state index in [2.05, 4.69) is 5.32 Å². The van der Waals surface area contributed by atoms with Crippen LogP contribution in [0.5, 0.6) is 5.75 Å². The second-order valence-electron chi connectivity index (χ2n) is 7.16.